The van der Waals surface area contributed by atoms with Gasteiger partial charge in [0.05, 0.1) is 11.3 Å². The third kappa shape index (κ3) is 3.01. The lowest BCUT2D eigenvalue weighted by Gasteiger charge is -2.19. The van der Waals surface area contributed by atoms with Gasteiger partial charge in [-0.1, -0.05) is 6.92 Å². The molecule has 9 heteroatoms. The highest BCUT2D eigenvalue weighted by Gasteiger charge is 2.33. The molecule has 3 heterocycles. The van der Waals surface area contributed by atoms with Crippen LogP contribution in [0.4, 0.5) is 20.4 Å². The lowest BCUT2D eigenvalue weighted by molar-refractivity contribution is -0.120. The fraction of sp³-hybridized carbons (Fsp3) is 0.333. The number of benzene rings is 1. The molecule has 1 aliphatic rings. The summed E-state index contributed by atoms with van der Waals surface area (Å²) >= 11 is 0. The highest BCUT2D eigenvalue weighted by Crippen LogP contribution is 2.34. The first-order chi connectivity index (χ1) is 14.4. The van der Waals surface area contributed by atoms with Gasteiger partial charge in [-0.3, -0.25) is 14.2 Å². The predicted octanol–water partition coefficient (Wildman–Crippen LogP) is 3.10. The Morgan fingerprint density at radius 1 is 1.17 bits per heavy atom. The van der Waals surface area contributed by atoms with E-state index < -0.39 is 17.2 Å². The predicted molar refractivity (Wildman–Crippen MR) is 110 cm³/mol. The number of nitrogens with zero attached hydrogens (tertiary/aromatic N) is 4. The Bertz CT molecular complexity index is 1220. The fourth-order valence-corrected chi connectivity index (χ4v) is 3.97. The van der Waals surface area contributed by atoms with Crippen LogP contribution in [0.5, 0.6) is 0 Å². The molecular weight excluding hydrogens is 392 g/mol. The molecule has 4 rings (SSSR count). The highest BCUT2D eigenvalue weighted by atomic mass is 19.2. The van der Waals surface area contributed by atoms with Gasteiger partial charge < -0.3 is 10.6 Å². The summed E-state index contributed by atoms with van der Waals surface area (Å²) < 4.78 is 31.4. The molecule has 0 spiro atoms. The molecule has 0 aliphatic carbocycles. The molecule has 2 aromatic heterocycles. The van der Waals surface area contributed by atoms with Gasteiger partial charge >= 0.3 is 0 Å². The molecule has 1 aromatic carbocycles. The molecule has 0 radical (unpaired) electrons. The van der Waals surface area contributed by atoms with Crippen molar-refractivity contribution in [3.63, 3.8) is 0 Å². The lowest BCUT2D eigenvalue weighted by atomic mass is 10.0. The lowest BCUT2D eigenvalue weighted by Crippen LogP contribution is -2.28. The minimum Gasteiger partial charge on any atom is -0.368 e. The summed E-state index contributed by atoms with van der Waals surface area (Å²) in [4.78, 5) is 34.7. The number of nitrogen functional groups attached to an aromatic ring is 1. The number of halogens is 2. The second-order valence-corrected chi connectivity index (χ2v) is 7.26. The second kappa shape index (κ2) is 7.47. The number of anilines is 2. The van der Waals surface area contributed by atoms with Gasteiger partial charge in [-0.2, -0.15) is 4.98 Å². The number of fused-ring (bicyclic) bond motifs is 1. The van der Waals surface area contributed by atoms with Crippen molar-refractivity contribution in [1.29, 1.82) is 0 Å². The molecule has 0 bridgehead atoms. The molecular formula is C21H21F2N5O2. The van der Waals surface area contributed by atoms with Crippen LogP contribution >= 0.6 is 0 Å². The van der Waals surface area contributed by atoms with Gasteiger partial charge in [0.1, 0.15) is 5.65 Å². The van der Waals surface area contributed by atoms with Gasteiger partial charge in [-0.05, 0) is 38.0 Å². The molecule has 1 saturated heterocycles. The molecule has 1 fully saturated rings. The summed E-state index contributed by atoms with van der Waals surface area (Å²) in [6.45, 7) is 4.24. The number of pyridine rings is 1. The zero-order valence-corrected chi connectivity index (χ0v) is 16.7. The van der Waals surface area contributed by atoms with Crippen LogP contribution in [0, 0.1) is 17.6 Å². The van der Waals surface area contributed by atoms with E-state index in [0.29, 0.717) is 30.4 Å². The third-order valence-corrected chi connectivity index (χ3v) is 5.61. The van der Waals surface area contributed by atoms with Crippen molar-refractivity contribution in [3.05, 3.63) is 46.4 Å². The summed E-state index contributed by atoms with van der Waals surface area (Å²) in [5.41, 5.74) is 5.13. The van der Waals surface area contributed by atoms with Crippen molar-refractivity contribution < 1.29 is 13.6 Å². The standard InChI is InChI=1S/C21H21F2N5O2/c1-3-11-7-8-28(19(11)29)15-6-5-13(16(22)17(15)23)14-9-12-10-25-21(24)26-18(12)27(4-2)20(14)30/h5-6,9-11H,3-4,7-8H2,1-2H3,(H2,24,25,26). The van der Waals surface area contributed by atoms with Crippen molar-refractivity contribution in [2.24, 2.45) is 5.92 Å². The third-order valence-electron chi connectivity index (χ3n) is 5.61. The van der Waals surface area contributed by atoms with Crippen LogP contribution in [0.2, 0.25) is 0 Å². The minimum absolute atomic E-state index is 0.0130. The molecule has 30 heavy (non-hydrogen) atoms. The van der Waals surface area contributed by atoms with Crippen LogP contribution in [-0.2, 0) is 11.3 Å². The molecule has 0 saturated carbocycles. The van der Waals surface area contributed by atoms with E-state index in [1.165, 1.54) is 33.9 Å². The van der Waals surface area contributed by atoms with E-state index in [9.17, 15) is 14.0 Å². The van der Waals surface area contributed by atoms with E-state index in [2.05, 4.69) is 9.97 Å². The van der Waals surface area contributed by atoms with E-state index in [1.54, 1.807) is 6.92 Å². The van der Waals surface area contributed by atoms with Crippen molar-refractivity contribution in [2.75, 3.05) is 17.2 Å². The van der Waals surface area contributed by atoms with Crippen molar-refractivity contribution in [2.45, 2.75) is 33.2 Å². The molecule has 1 atom stereocenters. The zero-order chi connectivity index (χ0) is 21.6. The number of aromatic nitrogens is 3. The number of rotatable bonds is 4. The molecule has 3 aromatic rings. The molecule has 7 nitrogen and oxygen atoms in total. The SMILES string of the molecule is CCC1CCN(c2ccc(-c3cc4cnc(N)nc4n(CC)c3=O)c(F)c2F)C1=O. The molecule has 1 amide bonds. The number of carbonyl (C=O) groups excluding carboxylic acids is 1. The van der Waals surface area contributed by atoms with Crippen LogP contribution in [0.1, 0.15) is 26.7 Å². The quantitative estimate of drug-likeness (QED) is 0.709. The molecule has 1 unspecified atom stereocenters. The maximum Gasteiger partial charge on any atom is 0.260 e. The Morgan fingerprint density at radius 2 is 1.93 bits per heavy atom. The van der Waals surface area contributed by atoms with E-state index in [1.807, 2.05) is 6.92 Å². The smallest absolute Gasteiger partial charge is 0.260 e. The average Bonchev–Trinajstić information content (AvgIpc) is 3.10. The highest BCUT2D eigenvalue weighted by molar-refractivity contribution is 5.97. The number of nitrogens with two attached hydrogens (primary N) is 1. The van der Waals surface area contributed by atoms with E-state index >= 15 is 4.39 Å². The average molecular weight is 413 g/mol. The minimum atomic E-state index is -1.17. The molecule has 2 N–H and O–H groups in total. The summed E-state index contributed by atoms with van der Waals surface area (Å²) in [6, 6.07) is 4.11. The zero-order valence-electron chi connectivity index (χ0n) is 16.7. The van der Waals surface area contributed by atoms with Crippen molar-refractivity contribution >= 4 is 28.6 Å². The first-order valence-corrected chi connectivity index (χ1v) is 9.83. The second-order valence-electron chi connectivity index (χ2n) is 7.26. The topological polar surface area (TPSA) is 94.1 Å². The first-order valence-electron chi connectivity index (χ1n) is 9.83. The monoisotopic (exact) mass is 413 g/mol. The normalized spacial score (nSPS) is 16.6. The summed E-state index contributed by atoms with van der Waals surface area (Å²) in [5, 5.41) is 0.477. The first kappa shape index (κ1) is 19.9. The van der Waals surface area contributed by atoms with Crippen molar-refractivity contribution in [1.82, 2.24) is 14.5 Å². The van der Waals surface area contributed by atoms with Gasteiger partial charge in [0.25, 0.3) is 5.56 Å². The Morgan fingerprint density at radius 3 is 2.60 bits per heavy atom. The maximum absolute atomic E-state index is 15.1. The van der Waals surface area contributed by atoms with Crippen LogP contribution < -0.4 is 16.2 Å². The Hall–Kier alpha value is -3.36. The van der Waals surface area contributed by atoms with E-state index in [4.69, 9.17) is 5.73 Å². The van der Waals surface area contributed by atoms with E-state index in [-0.39, 0.29) is 41.1 Å². The maximum atomic E-state index is 15.1. The molecule has 156 valence electrons. The van der Waals surface area contributed by atoms with Gasteiger partial charge in [0, 0.05) is 36.2 Å². The Kier molecular flexibility index (Phi) is 4.97. The van der Waals surface area contributed by atoms with Crippen LogP contribution in [0.3, 0.4) is 0 Å². The number of hydrogen-bond acceptors (Lipinski definition) is 5. The summed E-state index contributed by atoms with van der Waals surface area (Å²) in [5.74, 6) is -2.70. The summed E-state index contributed by atoms with van der Waals surface area (Å²) in [7, 11) is 0. The largest absolute Gasteiger partial charge is 0.368 e. The number of carbonyl (C=O) groups is 1. The number of amides is 1. The fourth-order valence-electron chi connectivity index (χ4n) is 3.97. The number of aryl methyl sites for hydroxylation is 1. The van der Waals surface area contributed by atoms with E-state index in [0.717, 1.165) is 0 Å². The van der Waals surface area contributed by atoms with Crippen LogP contribution in [0.15, 0.2) is 29.2 Å². The van der Waals surface area contributed by atoms with Crippen molar-refractivity contribution in [3.8, 4) is 11.1 Å². The number of hydrogen-bond donors (Lipinski definition) is 1. The van der Waals surface area contributed by atoms with Gasteiger partial charge in [0.2, 0.25) is 11.9 Å². The van der Waals surface area contributed by atoms with Gasteiger partial charge in [-0.15, -0.1) is 0 Å². The Labute approximate surface area is 171 Å². The van der Waals surface area contributed by atoms with Crippen LogP contribution in [0.25, 0.3) is 22.2 Å². The summed E-state index contributed by atoms with van der Waals surface area (Å²) in [6.07, 6.45) is 2.69. The van der Waals surface area contributed by atoms with Crippen LogP contribution in [-0.4, -0.2) is 27.0 Å². The molecule has 1 aliphatic heterocycles. The van der Waals surface area contributed by atoms with Gasteiger partial charge in [0.15, 0.2) is 11.6 Å². The Balaban J connectivity index is 1.86. The van der Waals surface area contributed by atoms with Gasteiger partial charge in [-0.25, -0.2) is 13.8 Å².